The van der Waals surface area contributed by atoms with Crippen molar-refractivity contribution >= 4 is 22.6 Å². The Morgan fingerprint density at radius 2 is 1.82 bits per heavy atom. The molecule has 3 N–H and O–H groups in total. The topological polar surface area (TPSA) is 85.3 Å². The van der Waals surface area contributed by atoms with Crippen molar-refractivity contribution in [2.75, 3.05) is 12.8 Å². The molecule has 0 atom stereocenters. The fourth-order valence-corrected chi connectivity index (χ4v) is 1.86. The van der Waals surface area contributed by atoms with Crippen LogP contribution in [0.4, 0.5) is 5.69 Å². The Bertz CT molecular complexity index is 675. The lowest BCUT2D eigenvalue weighted by molar-refractivity contribution is -0.120. The second-order valence-corrected chi connectivity index (χ2v) is 4.10. The zero-order valence-corrected chi connectivity index (χ0v) is 14.2. The van der Waals surface area contributed by atoms with Gasteiger partial charge in [-0.15, -0.1) is 0 Å². The van der Waals surface area contributed by atoms with Gasteiger partial charge in [-0.25, -0.2) is 4.79 Å². The number of amides is 1. The van der Waals surface area contributed by atoms with E-state index in [0.29, 0.717) is 16.8 Å². The number of anilines is 1. The largest absolute Gasteiger partial charge is 0.422 e. The van der Waals surface area contributed by atoms with E-state index >= 15 is 0 Å². The molecule has 0 unspecified atom stereocenters. The van der Waals surface area contributed by atoms with Gasteiger partial charge in [-0.3, -0.25) is 4.79 Å². The number of nitrogens with two attached hydrogens (primary N) is 1. The molecule has 1 amide bonds. The van der Waals surface area contributed by atoms with E-state index in [2.05, 4.69) is 5.32 Å². The van der Waals surface area contributed by atoms with Gasteiger partial charge in [0.2, 0.25) is 5.91 Å². The summed E-state index contributed by atoms with van der Waals surface area (Å²) in [6.45, 7) is 9.80. The van der Waals surface area contributed by atoms with Crippen LogP contribution in [0.15, 0.2) is 27.4 Å². The molecule has 0 aliphatic rings. The molecule has 2 rings (SSSR count). The molecule has 2 aromatic rings. The molecule has 122 valence electrons. The van der Waals surface area contributed by atoms with Crippen molar-refractivity contribution in [3.05, 3.63) is 39.7 Å². The number of carbonyl (C=O) groups is 1. The fraction of sp³-hybridized carbons (Fsp3) is 0.412. The van der Waals surface area contributed by atoms with E-state index in [1.807, 2.05) is 27.7 Å². The summed E-state index contributed by atoms with van der Waals surface area (Å²) in [7, 11) is 1.53. The van der Waals surface area contributed by atoms with Crippen molar-refractivity contribution in [3.8, 4) is 0 Å². The smallest absolute Gasteiger partial charge is 0.340 e. The molecule has 1 aromatic carbocycles. The molecule has 5 heteroatoms. The van der Waals surface area contributed by atoms with Crippen LogP contribution < -0.4 is 16.7 Å². The SMILES string of the molecule is CC.CC.CNC(=O)Cc1c(C)c2ccc(N)cc2oc1=O. The quantitative estimate of drug-likeness (QED) is 0.659. The van der Waals surface area contributed by atoms with Crippen molar-refractivity contribution in [1.29, 1.82) is 0 Å². The van der Waals surface area contributed by atoms with E-state index in [1.165, 1.54) is 7.05 Å². The standard InChI is InChI=1S/C13H14N2O3.2C2H6/c1-7-9-4-3-8(14)5-11(9)18-13(17)10(7)6-12(16)15-2;2*1-2/h3-5H,6,14H2,1-2H3,(H,15,16);2*1-2H3. The highest BCUT2D eigenvalue weighted by Crippen LogP contribution is 2.21. The molecule has 0 aliphatic carbocycles. The minimum atomic E-state index is -0.491. The average molecular weight is 306 g/mol. The van der Waals surface area contributed by atoms with Gasteiger partial charge in [0.05, 0.1) is 12.0 Å². The molecule has 0 saturated heterocycles. The Hall–Kier alpha value is -2.30. The first-order chi connectivity index (χ1) is 10.5. The molecule has 0 saturated carbocycles. The number of fused-ring (bicyclic) bond motifs is 1. The minimum Gasteiger partial charge on any atom is -0.422 e. The Kier molecular flexibility index (Phi) is 8.60. The average Bonchev–Trinajstić information content (AvgIpc) is 2.54. The number of likely N-dealkylation sites (N-methyl/N-ethyl adjacent to an activating group) is 1. The number of hydrogen-bond donors (Lipinski definition) is 2. The van der Waals surface area contributed by atoms with Crippen molar-refractivity contribution in [1.82, 2.24) is 5.32 Å². The molecular formula is C17H26N2O3. The molecule has 22 heavy (non-hydrogen) atoms. The molecule has 0 spiro atoms. The van der Waals surface area contributed by atoms with Crippen LogP contribution in [0.3, 0.4) is 0 Å². The maximum atomic E-state index is 11.8. The third-order valence-electron chi connectivity index (χ3n) is 2.93. The minimum absolute atomic E-state index is 0.0188. The lowest BCUT2D eigenvalue weighted by Gasteiger charge is -2.07. The number of nitrogens with one attached hydrogen (secondary N) is 1. The zero-order valence-electron chi connectivity index (χ0n) is 14.2. The highest BCUT2D eigenvalue weighted by Gasteiger charge is 2.14. The third kappa shape index (κ3) is 4.62. The second kappa shape index (κ2) is 9.60. The third-order valence-corrected chi connectivity index (χ3v) is 2.93. The van der Waals surface area contributed by atoms with Gasteiger partial charge in [-0.05, 0) is 24.6 Å². The Labute approximate surface area is 131 Å². The fourth-order valence-electron chi connectivity index (χ4n) is 1.86. The van der Waals surface area contributed by atoms with E-state index in [4.69, 9.17) is 10.2 Å². The van der Waals surface area contributed by atoms with Gasteiger partial charge in [-0.2, -0.15) is 0 Å². The lowest BCUT2D eigenvalue weighted by atomic mass is 10.0. The Morgan fingerprint density at radius 3 is 2.36 bits per heavy atom. The van der Waals surface area contributed by atoms with Crippen LogP contribution in [0.5, 0.6) is 0 Å². The molecule has 5 nitrogen and oxygen atoms in total. The molecular weight excluding hydrogens is 280 g/mol. The summed E-state index contributed by atoms with van der Waals surface area (Å²) >= 11 is 0. The summed E-state index contributed by atoms with van der Waals surface area (Å²) in [5, 5.41) is 3.28. The van der Waals surface area contributed by atoms with Gasteiger partial charge in [-0.1, -0.05) is 27.7 Å². The van der Waals surface area contributed by atoms with Crippen LogP contribution >= 0.6 is 0 Å². The van der Waals surface area contributed by atoms with Crippen molar-refractivity contribution < 1.29 is 9.21 Å². The molecule has 1 aromatic heterocycles. The van der Waals surface area contributed by atoms with Crippen molar-refractivity contribution in [2.24, 2.45) is 0 Å². The number of rotatable bonds is 2. The lowest BCUT2D eigenvalue weighted by Crippen LogP contribution is -2.24. The second-order valence-electron chi connectivity index (χ2n) is 4.10. The summed E-state index contributed by atoms with van der Waals surface area (Å²) in [6.07, 6.45) is 0.0188. The summed E-state index contributed by atoms with van der Waals surface area (Å²) in [6, 6.07) is 5.13. The van der Waals surface area contributed by atoms with Gasteiger partial charge in [0.25, 0.3) is 0 Å². The maximum absolute atomic E-state index is 11.8. The monoisotopic (exact) mass is 306 g/mol. The maximum Gasteiger partial charge on any atom is 0.340 e. The van der Waals surface area contributed by atoms with Crippen LogP contribution in [-0.2, 0) is 11.2 Å². The number of nitrogen functional groups attached to an aromatic ring is 1. The van der Waals surface area contributed by atoms with E-state index in [9.17, 15) is 9.59 Å². The van der Waals surface area contributed by atoms with E-state index in [1.54, 1.807) is 25.1 Å². The molecule has 0 radical (unpaired) electrons. The first-order valence-electron chi connectivity index (χ1n) is 7.55. The Morgan fingerprint density at radius 1 is 1.23 bits per heavy atom. The van der Waals surface area contributed by atoms with Crippen LogP contribution in [-0.4, -0.2) is 13.0 Å². The van der Waals surface area contributed by atoms with E-state index in [-0.39, 0.29) is 12.3 Å². The Balaban J connectivity index is 0.00000102. The normalized spacial score (nSPS) is 9.18. The summed E-state index contributed by atoms with van der Waals surface area (Å²) in [4.78, 5) is 23.2. The number of aryl methyl sites for hydroxylation is 1. The van der Waals surface area contributed by atoms with Crippen LogP contribution in [0.1, 0.15) is 38.8 Å². The van der Waals surface area contributed by atoms with Gasteiger partial charge < -0.3 is 15.5 Å². The number of hydrogen-bond acceptors (Lipinski definition) is 4. The molecule has 1 heterocycles. The van der Waals surface area contributed by atoms with Gasteiger partial charge in [0.1, 0.15) is 5.58 Å². The first kappa shape index (κ1) is 19.7. The summed E-state index contributed by atoms with van der Waals surface area (Å²) in [5.41, 5.74) is 7.26. The van der Waals surface area contributed by atoms with E-state index in [0.717, 1.165) is 10.9 Å². The van der Waals surface area contributed by atoms with Crippen LogP contribution in [0.25, 0.3) is 11.0 Å². The summed E-state index contributed by atoms with van der Waals surface area (Å²) in [5.74, 6) is -0.222. The van der Waals surface area contributed by atoms with Crippen molar-refractivity contribution in [3.63, 3.8) is 0 Å². The first-order valence-corrected chi connectivity index (χ1v) is 7.55. The van der Waals surface area contributed by atoms with Gasteiger partial charge >= 0.3 is 5.63 Å². The highest BCUT2D eigenvalue weighted by molar-refractivity contribution is 5.86. The van der Waals surface area contributed by atoms with Crippen LogP contribution in [0, 0.1) is 6.92 Å². The zero-order chi connectivity index (χ0) is 17.3. The number of benzene rings is 1. The van der Waals surface area contributed by atoms with Gasteiger partial charge in [0, 0.05) is 24.2 Å². The molecule has 0 fully saturated rings. The van der Waals surface area contributed by atoms with Gasteiger partial charge in [0.15, 0.2) is 0 Å². The predicted octanol–water partition coefficient (Wildman–Crippen LogP) is 3.02. The predicted molar refractivity (Wildman–Crippen MR) is 92.1 cm³/mol. The molecule has 0 aliphatic heterocycles. The number of carbonyl (C=O) groups excluding carboxylic acids is 1. The van der Waals surface area contributed by atoms with Crippen molar-refractivity contribution in [2.45, 2.75) is 41.0 Å². The molecule has 0 bridgehead atoms. The summed E-state index contributed by atoms with van der Waals surface area (Å²) < 4.78 is 5.18. The highest BCUT2D eigenvalue weighted by atomic mass is 16.4. The van der Waals surface area contributed by atoms with Crippen LogP contribution in [0.2, 0.25) is 0 Å². The van der Waals surface area contributed by atoms with E-state index < -0.39 is 5.63 Å².